The Hall–Kier alpha value is -0.120. The van der Waals surface area contributed by atoms with Crippen LogP contribution in [0.2, 0.25) is 0 Å². The van der Waals surface area contributed by atoms with Crippen LogP contribution < -0.4 is 0 Å². The summed E-state index contributed by atoms with van der Waals surface area (Å²) in [6.45, 7) is 3.32. The summed E-state index contributed by atoms with van der Waals surface area (Å²) in [6.07, 6.45) is 10.3. The number of rotatable bonds is 9. The highest BCUT2D eigenvalue weighted by atomic mass is 16.7. The zero-order valence-corrected chi connectivity index (χ0v) is 11.2. The third kappa shape index (κ3) is 7.02. The molecule has 1 aliphatic rings. The summed E-state index contributed by atoms with van der Waals surface area (Å²) in [6, 6.07) is 0. The van der Waals surface area contributed by atoms with Gasteiger partial charge < -0.3 is 14.6 Å². The van der Waals surface area contributed by atoms with E-state index in [0.717, 1.165) is 38.7 Å². The molecule has 0 bridgehead atoms. The van der Waals surface area contributed by atoms with Crippen molar-refractivity contribution in [3.05, 3.63) is 0 Å². The minimum atomic E-state index is 0.00840. The van der Waals surface area contributed by atoms with Crippen LogP contribution in [0.15, 0.2) is 0 Å². The molecule has 1 saturated heterocycles. The lowest BCUT2D eigenvalue weighted by atomic mass is 10.1. The highest BCUT2D eigenvalue weighted by Gasteiger charge is 2.19. The summed E-state index contributed by atoms with van der Waals surface area (Å²) in [7, 11) is 0. The molecule has 2 atom stereocenters. The number of aliphatic hydroxyl groups is 1. The van der Waals surface area contributed by atoms with E-state index in [1.807, 2.05) is 0 Å². The van der Waals surface area contributed by atoms with Gasteiger partial charge in [0.1, 0.15) is 0 Å². The minimum Gasteiger partial charge on any atom is -0.396 e. The van der Waals surface area contributed by atoms with Gasteiger partial charge in [0.2, 0.25) is 0 Å². The predicted molar refractivity (Wildman–Crippen MR) is 68.9 cm³/mol. The molecule has 1 rings (SSSR count). The van der Waals surface area contributed by atoms with Crippen LogP contribution in [0.4, 0.5) is 0 Å². The molecule has 0 aromatic rings. The van der Waals surface area contributed by atoms with E-state index in [1.54, 1.807) is 0 Å². The second-order valence-electron chi connectivity index (χ2n) is 4.92. The molecular weight excluding hydrogens is 216 g/mol. The molecule has 0 aromatic heterocycles. The molecular formula is C14H28O3. The fourth-order valence-electron chi connectivity index (χ4n) is 2.25. The van der Waals surface area contributed by atoms with Crippen molar-refractivity contribution in [2.45, 2.75) is 77.1 Å². The molecule has 102 valence electrons. The molecule has 1 fully saturated rings. The Kier molecular flexibility index (Phi) is 8.67. The number of ether oxygens (including phenoxy) is 2. The van der Waals surface area contributed by atoms with Crippen molar-refractivity contribution < 1.29 is 14.6 Å². The number of hydrogen-bond acceptors (Lipinski definition) is 3. The van der Waals surface area contributed by atoms with Crippen molar-refractivity contribution in [1.82, 2.24) is 0 Å². The minimum absolute atomic E-state index is 0.00840. The van der Waals surface area contributed by atoms with E-state index in [4.69, 9.17) is 14.6 Å². The molecule has 1 heterocycles. The van der Waals surface area contributed by atoms with Crippen LogP contribution in [0, 0.1) is 0 Å². The lowest BCUT2D eigenvalue weighted by Gasteiger charge is -2.27. The van der Waals surface area contributed by atoms with Gasteiger partial charge in [0.25, 0.3) is 0 Å². The Balaban J connectivity index is 2.22. The van der Waals surface area contributed by atoms with Gasteiger partial charge >= 0.3 is 0 Å². The molecule has 0 aliphatic carbocycles. The van der Waals surface area contributed by atoms with E-state index in [2.05, 4.69) is 6.92 Å². The number of hydrogen-bond donors (Lipinski definition) is 1. The van der Waals surface area contributed by atoms with Crippen LogP contribution in [0.3, 0.4) is 0 Å². The van der Waals surface area contributed by atoms with Gasteiger partial charge in [0.05, 0.1) is 6.10 Å². The Bertz CT molecular complexity index is 167. The third-order valence-electron chi connectivity index (χ3n) is 3.30. The largest absolute Gasteiger partial charge is 0.396 e. The maximum Gasteiger partial charge on any atom is 0.157 e. The smallest absolute Gasteiger partial charge is 0.157 e. The van der Waals surface area contributed by atoms with Crippen LogP contribution in [0.1, 0.15) is 64.7 Å². The van der Waals surface area contributed by atoms with Gasteiger partial charge in [-0.15, -0.1) is 0 Å². The zero-order chi connectivity index (χ0) is 12.3. The first-order valence-corrected chi connectivity index (χ1v) is 7.24. The first kappa shape index (κ1) is 14.9. The van der Waals surface area contributed by atoms with Crippen molar-refractivity contribution in [1.29, 1.82) is 0 Å². The average molecular weight is 244 g/mol. The summed E-state index contributed by atoms with van der Waals surface area (Å²) in [5, 5.41) is 8.91. The normalized spacial score (nSPS) is 22.6. The lowest BCUT2D eigenvalue weighted by molar-refractivity contribution is -0.191. The number of aliphatic hydroxyl groups excluding tert-OH is 1. The summed E-state index contributed by atoms with van der Waals surface area (Å²) in [5.41, 5.74) is 0. The van der Waals surface area contributed by atoms with E-state index in [1.165, 1.54) is 25.7 Å². The quantitative estimate of drug-likeness (QED) is 0.633. The standard InChI is InChI=1S/C14H28O3/c1-2-3-4-8-13(9-7-11-15)17-14-10-5-6-12-16-14/h13-15H,2-12H2,1H3/t13-,14?/m1/s1. The van der Waals surface area contributed by atoms with Gasteiger partial charge in [-0.3, -0.25) is 0 Å². The van der Waals surface area contributed by atoms with Gasteiger partial charge in [-0.25, -0.2) is 0 Å². The van der Waals surface area contributed by atoms with Crippen LogP contribution in [-0.2, 0) is 9.47 Å². The van der Waals surface area contributed by atoms with Crippen molar-refractivity contribution in [3.8, 4) is 0 Å². The Morgan fingerprint density at radius 2 is 2.06 bits per heavy atom. The van der Waals surface area contributed by atoms with Crippen molar-refractivity contribution >= 4 is 0 Å². The van der Waals surface area contributed by atoms with E-state index in [-0.39, 0.29) is 19.0 Å². The van der Waals surface area contributed by atoms with Gasteiger partial charge in [-0.2, -0.15) is 0 Å². The highest BCUT2D eigenvalue weighted by Crippen LogP contribution is 2.20. The molecule has 1 unspecified atom stereocenters. The zero-order valence-electron chi connectivity index (χ0n) is 11.2. The fourth-order valence-corrected chi connectivity index (χ4v) is 2.25. The number of unbranched alkanes of at least 4 members (excludes halogenated alkanes) is 2. The molecule has 0 radical (unpaired) electrons. The second kappa shape index (κ2) is 9.86. The second-order valence-corrected chi connectivity index (χ2v) is 4.92. The third-order valence-corrected chi connectivity index (χ3v) is 3.30. The maximum absolute atomic E-state index is 8.91. The Morgan fingerprint density at radius 1 is 1.24 bits per heavy atom. The average Bonchev–Trinajstić information content (AvgIpc) is 2.37. The molecule has 0 amide bonds. The monoisotopic (exact) mass is 244 g/mol. The van der Waals surface area contributed by atoms with E-state index in [0.29, 0.717) is 0 Å². The molecule has 3 nitrogen and oxygen atoms in total. The summed E-state index contributed by atoms with van der Waals surface area (Å²) in [5.74, 6) is 0. The Morgan fingerprint density at radius 3 is 2.71 bits per heavy atom. The van der Waals surface area contributed by atoms with Gasteiger partial charge in [0, 0.05) is 13.2 Å². The summed E-state index contributed by atoms with van der Waals surface area (Å²) < 4.78 is 11.6. The van der Waals surface area contributed by atoms with Crippen molar-refractivity contribution in [2.75, 3.05) is 13.2 Å². The maximum atomic E-state index is 8.91. The molecule has 1 aliphatic heterocycles. The summed E-state index contributed by atoms with van der Waals surface area (Å²) in [4.78, 5) is 0. The topological polar surface area (TPSA) is 38.7 Å². The molecule has 0 spiro atoms. The lowest BCUT2D eigenvalue weighted by Crippen LogP contribution is -2.28. The predicted octanol–water partition coefficient (Wildman–Crippen LogP) is 3.25. The fraction of sp³-hybridized carbons (Fsp3) is 1.00. The first-order chi connectivity index (χ1) is 8.36. The SMILES string of the molecule is CCCCC[C@H](CCCO)OC1CCCCO1. The first-order valence-electron chi connectivity index (χ1n) is 7.24. The molecule has 3 heteroatoms. The molecule has 17 heavy (non-hydrogen) atoms. The van der Waals surface area contributed by atoms with Crippen molar-refractivity contribution in [3.63, 3.8) is 0 Å². The van der Waals surface area contributed by atoms with Crippen LogP contribution >= 0.6 is 0 Å². The summed E-state index contributed by atoms with van der Waals surface area (Å²) >= 11 is 0. The van der Waals surface area contributed by atoms with Crippen LogP contribution in [0.25, 0.3) is 0 Å². The van der Waals surface area contributed by atoms with E-state index >= 15 is 0 Å². The van der Waals surface area contributed by atoms with Gasteiger partial charge in [-0.05, 0) is 38.5 Å². The van der Waals surface area contributed by atoms with Crippen LogP contribution in [-0.4, -0.2) is 30.7 Å². The highest BCUT2D eigenvalue weighted by molar-refractivity contribution is 4.62. The molecule has 0 saturated carbocycles. The van der Waals surface area contributed by atoms with Gasteiger partial charge in [0.15, 0.2) is 6.29 Å². The van der Waals surface area contributed by atoms with E-state index < -0.39 is 0 Å². The van der Waals surface area contributed by atoms with Gasteiger partial charge in [-0.1, -0.05) is 26.2 Å². The molecule has 0 aromatic carbocycles. The molecule has 1 N–H and O–H groups in total. The van der Waals surface area contributed by atoms with E-state index in [9.17, 15) is 0 Å². The van der Waals surface area contributed by atoms with Crippen molar-refractivity contribution in [2.24, 2.45) is 0 Å². The Labute approximate surface area is 105 Å². The van der Waals surface area contributed by atoms with Crippen LogP contribution in [0.5, 0.6) is 0 Å².